The maximum atomic E-state index is 11.4. The molecule has 2 amide bonds. The number of rotatable bonds is 6. The Kier molecular flexibility index (Phi) is 6.70. The van der Waals surface area contributed by atoms with E-state index in [9.17, 15) is 9.59 Å². The number of hydrogen-bond donors (Lipinski definition) is 3. The van der Waals surface area contributed by atoms with Crippen LogP contribution >= 0.6 is 0 Å². The second-order valence-electron chi connectivity index (χ2n) is 3.90. The summed E-state index contributed by atoms with van der Waals surface area (Å²) in [7, 11) is 1.56. The van der Waals surface area contributed by atoms with Gasteiger partial charge in [-0.25, -0.2) is 0 Å². The van der Waals surface area contributed by atoms with Gasteiger partial charge in [-0.1, -0.05) is 13.8 Å². The van der Waals surface area contributed by atoms with E-state index in [4.69, 9.17) is 5.73 Å². The van der Waals surface area contributed by atoms with Crippen molar-refractivity contribution in [3.8, 4) is 0 Å². The zero-order valence-electron chi connectivity index (χ0n) is 9.67. The topological polar surface area (TPSA) is 84.2 Å². The van der Waals surface area contributed by atoms with Crippen LogP contribution in [0.1, 0.15) is 26.7 Å². The summed E-state index contributed by atoms with van der Waals surface area (Å²) >= 11 is 0. The Labute approximate surface area is 90.8 Å². The Hall–Kier alpha value is -1.10. The van der Waals surface area contributed by atoms with Crippen LogP contribution in [0.3, 0.4) is 0 Å². The fourth-order valence-corrected chi connectivity index (χ4v) is 1.27. The highest BCUT2D eigenvalue weighted by molar-refractivity contribution is 5.87. The Balaban J connectivity index is 4.24. The summed E-state index contributed by atoms with van der Waals surface area (Å²) < 4.78 is 0. The lowest BCUT2D eigenvalue weighted by Gasteiger charge is -2.18. The first-order chi connectivity index (χ1) is 7.01. The number of carbonyl (C=O) groups excluding carboxylic acids is 2. The van der Waals surface area contributed by atoms with Crippen LogP contribution in [0.25, 0.3) is 0 Å². The number of hydrogen-bond acceptors (Lipinski definition) is 3. The minimum absolute atomic E-state index is 0.158. The highest BCUT2D eigenvalue weighted by atomic mass is 16.2. The van der Waals surface area contributed by atoms with E-state index in [2.05, 4.69) is 10.6 Å². The van der Waals surface area contributed by atoms with Crippen LogP contribution in [-0.4, -0.2) is 31.4 Å². The Morgan fingerprint density at radius 1 is 1.33 bits per heavy atom. The Bertz CT molecular complexity index is 217. The molecule has 1 unspecified atom stereocenters. The summed E-state index contributed by atoms with van der Waals surface area (Å²) in [6.45, 7) is 4.31. The molecule has 0 rings (SSSR count). The van der Waals surface area contributed by atoms with Crippen molar-refractivity contribution < 1.29 is 9.59 Å². The predicted octanol–water partition coefficient (Wildman–Crippen LogP) is -0.388. The van der Waals surface area contributed by atoms with Crippen LogP contribution in [0.5, 0.6) is 0 Å². The van der Waals surface area contributed by atoms with Crippen LogP contribution in [0.15, 0.2) is 0 Å². The van der Waals surface area contributed by atoms with Gasteiger partial charge < -0.3 is 16.4 Å². The molecule has 0 aliphatic rings. The van der Waals surface area contributed by atoms with Crippen LogP contribution in [0, 0.1) is 5.92 Å². The smallest absolute Gasteiger partial charge is 0.242 e. The fourth-order valence-electron chi connectivity index (χ4n) is 1.27. The maximum absolute atomic E-state index is 11.4. The van der Waals surface area contributed by atoms with E-state index < -0.39 is 6.04 Å². The van der Waals surface area contributed by atoms with Crippen molar-refractivity contribution in [3.63, 3.8) is 0 Å². The summed E-state index contributed by atoms with van der Waals surface area (Å²) in [4.78, 5) is 22.7. The molecule has 0 aromatic heterocycles. The van der Waals surface area contributed by atoms with Crippen molar-refractivity contribution >= 4 is 11.8 Å². The van der Waals surface area contributed by atoms with Crippen molar-refractivity contribution in [2.75, 3.05) is 13.6 Å². The molecule has 0 aliphatic heterocycles. The molecule has 5 nitrogen and oxygen atoms in total. The van der Waals surface area contributed by atoms with Crippen LogP contribution in [0.4, 0.5) is 0 Å². The van der Waals surface area contributed by atoms with E-state index in [1.165, 1.54) is 0 Å². The standard InChI is InChI=1S/C10H21N3O2/c1-7(2)6-8(10(15)12-3)13-9(14)4-5-11/h7-8H,4-6,11H2,1-3H3,(H,12,15)(H,13,14). The number of nitrogens with two attached hydrogens (primary N) is 1. The predicted molar refractivity (Wildman–Crippen MR) is 59.1 cm³/mol. The molecule has 0 aromatic carbocycles. The molecular weight excluding hydrogens is 194 g/mol. The second kappa shape index (κ2) is 7.23. The van der Waals surface area contributed by atoms with E-state index in [1.54, 1.807) is 7.05 Å². The van der Waals surface area contributed by atoms with Crippen LogP contribution in [0.2, 0.25) is 0 Å². The Morgan fingerprint density at radius 2 is 1.93 bits per heavy atom. The van der Waals surface area contributed by atoms with Crippen molar-refractivity contribution in [2.24, 2.45) is 11.7 Å². The molecule has 0 heterocycles. The largest absolute Gasteiger partial charge is 0.357 e. The van der Waals surface area contributed by atoms with Gasteiger partial charge in [0.25, 0.3) is 0 Å². The van der Waals surface area contributed by atoms with Gasteiger partial charge >= 0.3 is 0 Å². The first-order valence-electron chi connectivity index (χ1n) is 5.22. The maximum Gasteiger partial charge on any atom is 0.242 e. The van der Waals surface area contributed by atoms with E-state index in [-0.39, 0.29) is 18.2 Å². The van der Waals surface area contributed by atoms with E-state index >= 15 is 0 Å². The number of nitrogens with one attached hydrogen (secondary N) is 2. The van der Waals surface area contributed by atoms with Crippen molar-refractivity contribution in [1.82, 2.24) is 10.6 Å². The molecule has 0 saturated heterocycles. The normalized spacial score (nSPS) is 12.3. The molecule has 0 bridgehead atoms. The molecule has 0 aliphatic carbocycles. The van der Waals surface area contributed by atoms with Gasteiger partial charge in [0.1, 0.15) is 6.04 Å². The van der Waals surface area contributed by atoms with Crippen LogP contribution in [-0.2, 0) is 9.59 Å². The first kappa shape index (κ1) is 13.9. The third kappa shape index (κ3) is 6.06. The summed E-state index contributed by atoms with van der Waals surface area (Å²) in [6, 6.07) is -0.450. The highest BCUT2D eigenvalue weighted by Crippen LogP contribution is 2.04. The van der Waals surface area contributed by atoms with E-state index in [0.717, 1.165) is 0 Å². The highest BCUT2D eigenvalue weighted by Gasteiger charge is 2.20. The quantitative estimate of drug-likeness (QED) is 0.564. The molecule has 0 radical (unpaired) electrons. The van der Waals surface area contributed by atoms with Gasteiger partial charge in [-0.15, -0.1) is 0 Å². The van der Waals surface area contributed by atoms with Gasteiger partial charge in [0.2, 0.25) is 11.8 Å². The third-order valence-electron chi connectivity index (χ3n) is 1.98. The third-order valence-corrected chi connectivity index (χ3v) is 1.98. The fraction of sp³-hybridized carbons (Fsp3) is 0.800. The van der Waals surface area contributed by atoms with Gasteiger partial charge in [0, 0.05) is 20.0 Å². The van der Waals surface area contributed by atoms with Crippen molar-refractivity contribution in [1.29, 1.82) is 0 Å². The second-order valence-corrected chi connectivity index (χ2v) is 3.90. The number of carbonyl (C=O) groups is 2. The van der Waals surface area contributed by atoms with Gasteiger partial charge in [-0.3, -0.25) is 9.59 Å². The van der Waals surface area contributed by atoms with Crippen molar-refractivity contribution in [3.05, 3.63) is 0 Å². The molecule has 15 heavy (non-hydrogen) atoms. The zero-order valence-corrected chi connectivity index (χ0v) is 9.67. The Morgan fingerprint density at radius 3 is 2.33 bits per heavy atom. The molecule has 88 valence electrons. The van der Waals surface area contributed by atoms with E-state index in [0.29, 0.717) is 18.9 Å². The molecule has 0 spiro atoms. The molecule has 0 aromatic rings. The first-order valence-corrected chi connectivity index (χ1v) is 5.22. The summed E-state index contributed by atoms with van der Waals surface area (Å²) in [5.41, 5.74) is 5.25. The van der Waals surface area contributed by atoms with Gasteiger partial charge in [0.15, 0.2) is 0 Å². The molecule has 4 N–H and O–H groups in total. The molecule has 0 fully saturated rings. The van der Waals surface area contributed by atoms with Crippen LogP contribution < -0.4 is 16.4 Å². The monoisotopic (exact) mass is 215 g/mol. The minimum atomic E-state index is -0.450. The lowest BCUT2D eigenvalue weighted by Crippen LogP contribution is -2.46. The summed E-state index contributed by atoms with van der Waals surface area (Å²) in [5, 5.41) is 5.20. The summed E-state index contributed by atoms with van der Waals surface area (Å²) in [5.74, 6) is 0.0197. The molecule has 5 heteroatoms. The van der Waals surface area contributed by atoms with Gasteiger partial charge in [-0.05, 0) is 12.3 Å². The lowest BCUT2D eigenvalue weighted by molar-refractivity contribution is -0.129. The lowest BCUT2D eigenvalue weighted by atomic mass is 10.0. The molecule has 1 atom stereocenters. The molecule has 0 saturated carbocycles. The number of amides is 2. The van der Waals surface area contributed by atoms with Gasteiger partial charge in [-0.2, -0.15) is 0 Å². The van der Waals surface area contributed by atoms with Gasteiger partial charge in [0.05, 0.1) is 0 Å². The number of likely N-dealkylation sites (N-methyl/N-ethyl adjacent to an activating group) is 1. The minimum Gasteiger partial charge on any atom is -0.357 e. The zero-order chi connectivity index (χ0) is 11.8. The average Bonchev–Trinajstić information content (AvgIpc) is 2.15. The van der Waals surface area contributed by atoms with Crippen molar-refractivity contribution in [2.45, 2.75) is 32.7 Å². The van der Waals surface area contributed by atoms with E-state index in [1.807, 2.05) is 13.8 Å². The SMILES string of the molecule is CNC(=O)C(CC(C)C)NC(=O)CCN. The average molecular weight is 215 g/mol. The summed E-state index contributed by atoms with van der Waals surface area (Å²) in [6.07, 6.45) is 0.890. The molecular formula is C10H21N3O2.